The van der Waals surface area contributed by atoms with Crippen molar-refractivity contribution in [1.82, 2.24) is 0 Å². The number of hydrogen-bond donors (Lipinski definition) is 4. The largest absolute Gasteiger partial charge is 0.504 e. The highest BCUT2D eigenvalue weighted by atomic mass is 32.2. The molecular weight excluding hydrogens is 350 g/mol. The Morgan fingerprint density at radius 1 is 1.25 bits per heavy atom. The molecule has 0 unspecified atom stereocenters. The zero-order valence-electron chi connectivity index (χ0n) is 11.7. The normalized spacial score (nSPS) is 22.3. The second kappa shape index (κ2) is 5.74. The quantitative estimate of drug-likeness (QED) is 0.297. The van der Waals surface area contributed by atoms with E-state index in [0.29, 0.717) is 0 Å². The molecule has 24 heavy (non-hydrogen) atoms. The third kappa shape index (κ3) is 2.28. The Balaban J connectivity index is 2.67. The average Bonchev–Trinajstić information content (AvgIpc) is 2.79. The number of ether oxygens (including phenoxy) is 1. The van der Waals surface area contributed by atoms with Gasteiger partial charge in [-0.2, -0.15) is 0 Å². The topological polar surface area (TPSA) is 184 Å². The Bertz CT molecular complexity index is 828. The molecule has 4 N–H and O–H groups in total. The van der Waals surface area contributed by atoms with Crippen molar-refractivity contribution in [3.8, 4) is 0 Å². The first-order valence-electron chi connectivity index (χ1n) is 6.23. The van der Waals surface area contributed by atoms with Crippen molar-refractivity contribution in [2.75, 3.05) is 6.61 Å². The number of benzene rings is 1. The first-order chi connectivity index (χ1) is 11.1. The number of nitro benzene ring substituents is 1. The van der Waals surface area contributed by atoms with E-state index in [2.05, 4.69) is 4.74 Å². The predicted octanol–water partition coefficient (Wildman–Crippen LogP) is -0.698. The van der Waals surface area contributed by atoms with Crippen LogP contribution < -0.4 is 0 Å². The summed E-state index contributed by atoms with van der Waals surface area (Å²) < 4.78 is 29.9. The highest BCUT2D eigenvalue weighted by Gasteiger charge is 2.63. The molecule has 11 nitrogen and oxygen atoms in total. The van der Waals surface area contributed by atoms with Gasteiger partial charge in [0, 0.05) is 12.1 Å². The smallest absolute Gasteiger partial charge is 0.379 e. The van der Waals surface area contributed by atoms with E-state index in [1.807, 2.05) is 0 Å². The molecule has 1 aliphatic heterocycles. The van der Waals surface area contributed by atoms with E-state index in [9.17, 15) is 38.6 Å². The van der Waals surface area contributed by atoms with Crippen LogP contribution in [0, 0.1) is 10.1 Å². The molecule has 2 atom stereocenters. The van der Waals surface area contributed by atoms with Crippen molar-refractivity contribution in [3.05, 3.63) is 45.9 Å². The summed E-state index contributed by atoms with van der Waals surface area (Å²) in [5.41, 5.74) is -0.434. The number of nitro groups is 1. The molecule has 2 rings (SSSR count). The molecule has 130 valence electrons. The van der Waals surface area contributed by atoms with Crippen molar-refractivity contribution < 1.29 is 43.3 Å². The van der Waals surface area contributed by atoms with Gasteiger partial charge < -0.3 is 25.2 Å². The molecule has 0 saturated carbocycles. The summed E-state index contributed by atoms with van der Waals surface area (Å²) in [5.74, 6) is -4.55. The van der Waals surface area contributed by atoms with Gasteiger partial charge in [-0.15, -0.1) is 0 Å². The second-order valence-electron chi connectivity index (χ2n) is 4.71. The summed E-state index contributed by atoms with van der Waals surface area (Å²) >= 11 is 0. The molecule has 1 aromatic rings. The van der Waals surface area contributed by atoms with Crippen LogP contribution in [0.4, 0.5) is 5.69 Å². The van der Waals surface area contributed by atoms with E-state index in [-0.39, 0.29) is 0 Å². The lowest BCUT2D eigenvalue weighted by Gasteiger charge is -2.30. The lowest BCUT2D eigenvalue weighted by Crippen LogP contribution is -2.53. The number of carbonyl (C=O) groups is 1. The molecule has 0 radical (unpaired) electrons. The van der Waals surface area contributed by atoms with Crippen LogP contribution in [0.1, 0.15) is 0 Å². The molecule has 0 saturated heterocycles. The summed E-state index contributed by atoms with van der Waals surface area (Å²) in [4.78, 5) is 17.4. The lowest BCUT2D eigenvalue weighted by atomic mass is 10.1. The zero-order valence-corrected chi connectivity index (χ0v) is 12.5. The monoisotopic (exact) mass is 361 g/mol. The van der Waals surface area contributed by atoms with Gasteiger partial charge in [0.25, 0.3) is 5.69 Å². The molecule has 0 amide bonds. The van der Waals surface area contributed by atoms with Gasteiger partial charge in [-0.05, 0) is 12.1 Å². The number of hydrogen-bond acceptors (Lipinski definition) is 10. The fourth-order valence-electron chi connectivity index (χ4n) is 2.13. The van der Waals surface area contributed by atoms with Crippen molar-refractivity contribution in [3.63, 3.8) is 0 Å². The fraction of sp³-hybridized carbons (Fsp3) is 0.250. The molecule has 1 heterocycles. The minimum atomic E-state index is -4.91. The van der Waals surface area contributed by atoms with Gasteiger partial charge in [0.05, 0.1) is 16.4 Å². The first kappa shape index (κ1) is 17.7. The Labute approximate surface area is 134 Å². The van der Waals surface area contributed by atoms with Crippen LogP contribution in [0.3, 0.4) is 0 Å². The predicted molar refractivity (Wildman–Crippen MR) is 74.5 cm³/mol. The minimum Gasteiger partial charge on any atom is -0.504 e. The highest BCUT2D eigenvalue weighted by molar-refractivity contribution is 7.93. The van der Waals surface area contributed by atoms with Crippen LogP contribution in [-0.2, 0) is 19.4 Å². The maximum atomic E-state index is 12.7. The number of aliphatic hydroxyl groups is 4. The third-order valence-corrected chi connectivity index (χ3v) is 5.60. The van der Waals surface area contributed by atoms with Gasteiger partial charge in [-0.25, -0.2) is 13.2 Å². The number of cyclic esters (lactones) is 1. The van der Waals surface area contributed by atoms with Crippen molar-refractivity contribution in [2.24, 2.45) is 0 Å². The Morgan fingerprint density at radius 2 is 1.79 bits per heavy atom. The van der Waals surface area contributed by atoms with Gasteiger partial charge in [-0.1, -0.05) is 0 Å². The van der Waals surface area contributed by atoms with E-state index in [0.717, 1.165) is 24.3 Å². The first-order valence-corrected chi connectivity index (χ1v) is 7.72. The van der Waals surface area contributed by atoms with Gasteiger partial charge in [0.15, 0.2) is 0 Å². The van der Waals surface area contributed by atoms with Crippen molar-refractivity contribution >= 4 is 21.5 Å². The maximum Gasteiger partial charge on any atom is 0.379 e. The van der Waals surface area contributed by atoms with E-state index in [4.69, 9.17) is 5.11 Å². The standard InChI is InChI=1S/C12H11NO10S/c14-5-8(15)12(10(17)9(16)11(18)23-12)24(21,22)7-3-1-6(2-4-7)13(19)20/h1-4,8,14-17H,5H2/t8-,12-/m0/s1. The number of nitrogens with zero attached hydrogens (tertiary/aromatic N) is 1. The van der Waals surface area contributed by atoms with Gasteiger partial charge in [-0.3, -0.25) is 10.1 Å². The SMILES string of the molecule is O=C1O[C@@]([C@@H](O)CO)(S(=O)(=O)c2ccc([N+](=O)[O-])cc2)C(O)=C1O. The molecule has 1 aromatic carbocycles. The van der Waals surface area contributed by atoms with Gasteiger partial charge in [0.1, 0.15) is 6.10 Å². The zero-order chi connectivity index (χ0) is 18.3. The molecule has 0 aromatic heterocycles. The minimum absolute atomic E-state index is 0.434. The van der Waals surface area contributed by atoms with E-state index in [1.165, 1.54) is 0 Å². The van der Waals surface area contributed by atoms with Crippen LogP contribution in [-0.4, -0.2) is 57.4 Å². The molecule has 1 aliphatic rings. The summed E-state index contributed by atoms with van der Waals surface area (Å²) in [6, 6.07) is 3.25. The van der Waals surface area contributed by atoms with E-state index < -0.39 is 60.5 Å². The highest BCUT2D eigenvalue weighted by Crippen LogP contribution is 2.41. The number of esters is 1. The number of sulfone groups is 1. The Morgan fingerprint density at radius 3 is 2.17 bits per heavy atom. The number of rotatable bonds is 5. The average molecular weight is 361 g/mol. The van der Waals surface area contributed by atoms with Crippen LogP contribution in [0.15, 0.2) is 40.7 Å². The maximum absolute atomic E-state index is 12.7. The molecule has 0 bridgehead atoms. The molecule has 0 fully saturated rings. The molecule has 12 heteroatoms. The number of aliphatic hydroxyl groups excluding tert-OH is 4. The van der Waals surface area contributed by atoms with Gasteiger partial charge in [0.2, 0.25) is 21.4 Å². The van der Waals surface area contributed by atoms with E-state index in [1.54, 1.807) is 0 Å². The summed E-state index contributed by atoms with van der Waals surface area (Å²) in [6.45, 7) is -1.24. The molecule has 0 aliphatic carbocycles. The number of non-ortho nitro benzene ring substituents is 1. The summed E-state index contributed by atoms with van der Waals surface area (Å²) in [7, 11) is -4.91. The lowest BCUT2D eigenvalue weighted by molar-refractivity contribution is -0.384. The second-order valence-corrected chi connectivity index (χ2v) is 6.79. The summed E-state index contributed by atoms with van der Waals surface area (Å²) in [6.07, 6.45) is -2.33. The van der Waals surface area contributed by atoms with Crippen molar-refractivity contribution in [2.45, 2.75) is 15.9 Å². The molecule has 0 spiro atoms. The van der Waals surface area contributed by atoms with Crippen LogP contribution in [0.2, 0.25) is 0 Å². The number of carbonyl (C=O) groups excluding carboxylic acids is 1. The fourth-order valence-corrected chi connectivity index (χ4v) is 3.94. The third-order valence-electron chi connectivity index (χ3n) is 3.36. The Hall–Kier alpha value is -2.70. The van der Waals surface area contributed by atoms with Crippen molar-refractivity contribution in [1.29, 1.82) is 0 Å². The van der Waals surface area contributed by atoms with Crippen LogP contribution >= 0.6 is 0 Å². The molecular formula is C12H11NO10S. The Kier molecular flexibility index (Phi) is 4.22. The summed E-state index contributed by atoms with van der Waals surface area (Å²) in [5, 5.41) is 48.7. The van der Waals surface area contributed by atoms with Crippen LogP contribution in [0.5, 0.6) is 0 Å². The van der Waals surface area contributed by atoms with Crippen LogP contribution in [0.25, 0.3) is 0 Å². The van der Waals surface area contributed by atoms with E-state index >= 15 is 0 Å². The van der Waals surface area contributed by atoms with Gasteiger partial charge >= 0.3 is 10.9 Å².